The topological polar surface area (TPSA) is 94.8 Å². The molecule has 0 radical (unpaired) electrons. The lowest BCUT2D eigenvalue weighted by molar-refractivity contribution is 0.130. The van der Waals surface area contributed by atoms with Crippen molar-refractivity contribution in [2.24, 2.45) is 0 Å². The van der Waals surface area contributed by atoms with Crippen LogP contribution in [0.2, 0.25) is 5.02 Å². The highest BCUT2D eigenvalue weighted by molar-refractivity contribution is 6.31. The fourth-order valence-corrected chi connectivity index (χ4v) is 2.59. The lowest BCUT2D eigenvalue weighted by Crippen LogP contribution is -2.28. The van der Waals surface area contributed by atoms with Crippen LogP contribution in [0.5, 0.6) is 0 Å². The molecule has 0 aliphatic heterocycles. The fraction of sp³-hybridized carbons (Fsp3) is 0.235. The summed E-state index contributed by atoms with van der Waals surface area (Å²) in [5.41, 5.74) is 1.32. The number of aromatic nitrogens is 5. The Kier molecular flexibility index (Phi) is 5.75. The molecule has 3 aromatic rings. The van der Waals surface area contributed by atoms with Crippen LogP contribution < -0.4 is 5.32 Å². The Balaban J connectivity index is 1.89. The van der Waals surface area contributed by atoms with Gasteiger partial charge in [-0.2, -0.15) is 4.80 Å². The molecule has 1 amide bonds. The summed E-state index contributed by atoms with van der Waals surface area (Å²) in [5, 5.41) is 15.6. The molecule has 0 saturated heterocycles. The Morgan fingerprint density at radius 3 is 2.81 bits per heavy atom. The van der Waals surface area contributed by atoms with E-state index in [-0.39, 0.29) is 6.61 Å². The number of ether oxygens (including phenoxy) is 1. The predicted molar refractivity (Wildman–Crippen MR) is 95.7 cm³/mol. The van der Waals surface area contributed by atoms with Crippen LogP contribution in [0.3, 0.4) is 0 Å². The summed E-state index contributed by atoms with van der Waals surface area (Å²) in [6.45, 7) is 2.29. The van der Waals surface area contributed by atoms with Gasteiger partial charge in [0.1, 0.15) is 18.3 Å². The van der Waals surface area contributed by atoms with Gasteiger partial charge < -0.3 is 10.1 Å². The average Bonchev–Trinajstić information content (AvgIpc) is 3.14. The minimum atomic E-state index is -0.519. The van der Waals surface area contributed by atoms with Crippen LogP contribution in [0.25, 0.3) is 11.5 Å². The fourth-order valence-electron chi connectivity index (χ4n) is 2.33. The number of pyridine rings is 1. The maximum atomic E-state index is 11.7. The van der Waals surface area contributed by atoms with Crippen molar-refractivity contribution >= 4 is 17.7 Å². The molecule has 26 heavy (non-hydrogen) atoms. The first-order valence-electron chi connectivity index (χ1n) is 8.05. The Morgan fingerprint density at radius 2 is 2.08 bits per heavy atom. The molecule has 3 rings (SSSR count). The molecule has 134 valence electrons. The number of alkyl carbamates (subject to hydrolysis) is 1. The maximum Gasteiger partial charge on any atom is 0.407 e. The molecule has 0 spiro atoms. The zero-order valence-corrected chi connectivity index (χ0v) is 14.8. The van der Waals surface area contributed by atoms with Crippen molar-refractivity contribution in [1.82, 2.24) is 30.5 Å². The second-order valence-corrected chi connectivity index (χ2v) is 5.72. The molecule has 0 fully saturated rings. The Hall–Kier alpha value is -3.00. The molecule has 0 aliphatic rings. The molecule has 8 nitrogen and oxygen atoms in total. The number of amides is 1. The van der Waals surface area contributed by atoms with Gasteiger partial charge in [-0.15, -0.1) is 10.2 Å². The molecule has 9 heteroatoms. The SMILES string of the molecule is CCNC(=O)OCC(c1ccccc1Cl)n1nnc(-c2ccccn2)n1. The number of hydrogen-bond acceptors (Lipinski definition) is 6. The van der Waals surface area contributed by atoms with E-state index in [4.69, 9.17) is 16.3 Å². The van der Waals surface area contributed by atoms with Crippen LogP contribution in [0.1, 0.15) is 18.5 Å². The van der Waals surface area contributed by atoms with Crippen LogP contribution in [0.4, 0.5) is 4.79 Å². The highest BCUT2D eigenvalue weighted by Crippen LogP contribution is 2.25. The Bertz CT molecular complexity index is 870. The highest BCUT2D eigenvalue weighted by atomic mass is 35.5. The van der Waals surface area contributed by atoms with Gasteiger partial charge >= 0.3 is 6.09 Å². The van der Waals surface area contributed by atoms with Gasteiger partial charge in [0.2, 0.25) is 5.82 Å². The van der Waals surface area contributed by atoms with Gasteiger partial charge in [0.05, 0.1) is 0 Å². The number of benzene rings is 1. The van der Waals surface area contributed by atoms with Crippen molar-refractivity contribution in [3.63, 3.8) is 0 Å². The minimum absolute atomic E-state index is 0.00752. The number of carbonyl (C=O) groups excluding carboxylic acids is 1. The lowest BCUT2D eigenvalue weighted by Gasteiger charge is -2.17. The molecule has 1 unspecified atom stereocenters. The van der Waals surface area contributed by atoms with Crippen molar-refractivity contribution in [2.75, 3.05) is 13.2 Å². The predicted octanol–water partition coefficient (Wildman–Crippen LogP) is 2.72. The number of nitrogens with zero attached hydrogens (tertiary/aromatic N) is 5. The number of halogens is 1. The van der Waals surface area contributed by atoms with Crippen LogP contribution in [0, 0.1) is 0 Å². The molecule has 1 atom stereocenters. The van der Waals surface area contributed by atoms with Gasteiger partial charge in [-0.1, -0.05) is 35.9 Å². The third-order valence-electron chi connectivity index (χ3n) is 3.56. The summed E-state index contributed by atoms with van der Waals surface area (Å²) in [6.07, 6.45) is 1.13. The number of nitrogens with one attached hydrogen (secondary N) is 1. The second kappa shape index (κ2) is 8.39. The summed E-state index contributed by atoms with van der Waals surface area (Å²) in [7, 11) is 0. The van der Waals surface area contributed by atoms with Gasteiger partial charge in [0, 0.05) is 23.3 Å². The van der Waals surface area contributed by atoms with E-state index in [0.29, 0.717) is 23.1 Å². The third kappa shape index (κ3) is 4.15. The molecule has 2 heterocycles. The van der Waals surface area contributed by atoms with E-state index < -0.39 is 12.1 Å². The first kappa shape index (κ1) is 17.8. The van der Waals surface area contributed by atoms with Gasteiger partial charge in [0.15, 0.2) is 0 Å². The molecule has 1 N–H and O–H groups in total. The van der Waals surface area contributed by atoms with Crippen molar-refractivity contribution < 1.29 is 9.53 Å². The van der Waals surface area contributed by atoms with Crippen LogP contribution in [0.15, 0.2) is 48.7 Å². The molecule has 0 saturated carbocycles. The molecule has 0 aliphatic carbocycles. The van der Waals surface area contributed by atoms with Gasteiger partial charge in [0.25, 0.3) is 0 Å². The van der Waals surface area contributed by atoms with Gasteiger partial charge in [-0.3, -0.25) is 4.98 Å². The average molecular weight is 373 g/mol. The molecule has 2 aromatic heterocycles. The molecule has 0 bridgehead atoms. The highest BCUT2D eigenvalue weighted by Gasteiger charge is 2.22. The van der Waals surface area contributed by atoms with Crippen molar-refractivity contribution in [2.45, 2.75) is 13.0 Å². The summed E-state index contributed by atoms with van der Waals surface area (Å²) in [4.78, 5) is 17.3. The summed E-state index contributed by atoms with van der Waals surface area (Å²) in [6, 6.07) is 12.2. The summed E-state index contributed by atoms with van der Waals surface area (Å²) >= 11 is 6.31. The second-order valence-electron chi connectivity index (χ2n) is 5.31. The van der Waals surface area contributed by atoms with E-state index in [1.165, 1.54) is 4.80 Å². The Morgan fingerprint density at radius 1 is 1.27 bits per heavy atom. The van der Waals surface area contributed by atoms with Crippen LogP contribution in [-0.2, 0) is 4.74 Å². The molecular formula is C17H17ClN6O2. The van der Waals surface area contributed by atoms with Crippen LogP contribution >= 0.6 is 11.6 Å². The molecular weight excluding hydrogens is 356 g/mol. The number of carbonyl (C=O) groups is 1. The zero-order valence-electron chi connectivity index (χ0n) is 14.0. The lowest BCUT2D eigenvalue weighted by atomic mass is 10.1. The summed E-state index contributed by atoms with van der Waals surface area (Å²) < 4.78 is 5.27. The van der Waals surface area contributed by atoms with E-state index in [0.717, 1.165) is 5.56 Å². The smallest absolute Gasteiger partial charge is 0.407 e. The number of tetrazole rings is 1. The van der Waals surface area contributed by atoms with E-state index in [9.17, 15) is 4.79 Å². The normalized spacial score (nSPS) is 11.8. The van der Waals surface area contributed by atoms with E-state index in [1.54, 1.807) is 24.4 Å². The van der Waals surface area contributed by atoms with Crippen LogP contribution in [-0.4, -0.2) is 44.4 Å². The monoisotopic (exact) mass is 372 g/mol. The first-order valence-corrected chi connectivity index (χ1v) is 8.42. The third-order valence-corrected chi connectivity index (χ3v) is 3.90. The zero-order chi connectivity index (χ0) is 18.4. The quantitative estimate of drug-likeness (QED) is 0.714. The van der Waals surface area contributed by atoms with E-state index >= 15 is 0 Å². The van der Waals surface area contributed by atoms with Crippen molar-refractivity contribution in [3.05, 3.63) is 59.2 Å². The Labute approximate surface area is 155 Å². The van der Waals surface area contributed by atoms with Gasteiger partial charge in [-0.05, 0) is 30.3 Å². The largest absolute Gasteiger partial charge is 0.447 e. The first-order chi connectivity index (χ1) is 12.7. The van der Waals surface area contributed by atoms with Crippen molar-refractivity contribution in [3.8, 4) is 11.5 Å². The minimum Gasteiger partial charge on any atom is -0.447 e. The number of rotatable bonds is 6. The standard InChI is InChI=1S/C17H17ClN6O2/c1-2-19-17(25)26-11-15(12-7-3-4-8-13(12)18)24-22-16(21-23-24)14-9-5-6-10-20-14/h3-10,15H,2,11H2,1H3,(H,19,25). The van der Waals surface area contributed by atoms with Gasteiger partial charge in [-0.25, -0.2) is 4.79 Å². The van der Waals surface area contributed by atoms with E-state index in [1.807, 2.05) is 31.2 Å². The summed E-state index contributed by atoms with van der Waals surface area (Å²) in [5.74, 6) is 0.376. The molecule has 1 aromatic carbocycles. The maximum absolute atomic E-state index is 11.7. The number of hydrogen-bond donors (Lipinski definition) is 1. The van der Waals surface area contributed by atoms with Crippen molar-refractivity contribution in [1.29, 1.82) is 0 Å². The van der Waals surface area contributed by atoms with E-state index in [2.05, 4.69) is 25.7 Å².